The summed E-state index contributed by atoms with van der Waals surface area (Å²) in [7, 11) is 1.68. The van der Waals surface area contributed by atoms with E-state index in [-0.39, 0.29) is 6.10 Å². The average molecular weight is 330 g/mol. The van der Waals surface area contributed by atoms with Gasteiger partial charge in [-0.2, -0.15) is 0 Å². The molecule has 0 aliphatic carbocycles. The second-order valence-corrected chi connectivity index (χ2v) is 6.03. The number of benzene rings is 1. The molecule has 1 aromatic rings. The first-order chi connectivity index (χ1) is 9.02. The fourth-order valence-electron chi connectivity index (χ4n) is 1.74. The first kappa shape index (κ1) is 16.5. The third-order valence-electron chi connectivity index (χ3n) is 2.61. The van der Waals surface area contributed by atoms with E-state index in [1.807, 2.05) is 13.0 Å². The summed E-state index contributed by atoms with van der Waals surface area (Å²) in [4.78, 5) is 0. The van der Waals surface area contributed by atoms with Crippen LogP contribution < -0.4 is 10.1 Å². The summed E-state index contributed by atoms with van der Waals surface area (Å²) in [5, 5.41) is 3.43. The minimum absolute atomic E-state index is 0.0474. The van der Waals surface area contributed by atoms with Crippen LogP contribution in [0.1, 0.15) is 26.3 Å². The molecule has 0 saturated heterocycles. The molecule has 108 valence electrons. The van der Waals surface area contributed by atoms with Gasteiger partial charge in [0.05, 0.1) is 11.1 Å². The summed E-state index contributed by atoms with van der Waals surface area (Å²) in [6.07, 6.45) is 0.0474. The number of nitrogens with one attached hydrogen (secondary N) is 1. The topological polar surface area (TPSA) is 30.5 Å². The zero-order valence-electron chi connectivity index (χ0n) is 12.2. The molecule has 0 bridgehead atoms. The minimum atomic E-state index is 0.0474. The van der Waals surface area contributed by atoms with Gasteiger partial charge >= 0.3 is 0 Å². The zero-order chi connectivity index (χ0) is 14.3. The molecule has 0 saturated carbocycles. The molecule has 1 atom stereocenters. The van der Waals surface area contributed by atoms with Crippen LogP contribution in [0.5, 0.6) is 5.75 Å². The van der Waals surface area contributed by atoms with Crippen LogP contribution in [0.4, 0.5) is 0 Å². The maximum atomic E-state index is 5.79. The molecule has 1 rings (SSSR count). The molecule has 0 aromatic heterocycles. The normalized spacial score (nSPS) is 12.7. The average Bonchev–Trinajstić information content (AvgIpc) is 2.32. The Bertz CT molecular complexity index is 382. The van der Waals surface area contributed by atoms with Gasteiger partial charge in [-0.25, -0.2) is 0 Å². The van der Waals surface area contributed by atoms with Crippen LogP contribution >= 0.6 is 15.9 Å². The maximum absolute atomic E-state index is 5.79. The van der Waals surface area contributed by atoms with Crippen molar-refractivity contribution in [2.75, 3.05) is 20.3 Å². The Hall–Kier alpha value is -0.580. The van der Waals surface area contributed by atoms with Gasteiger partial charge < -0.3 is 14.8 Å². The lowest BCUT2D eigenvalue weighted by atomic mass is 10.2. The van der Waals surface area contributed by atoms with Gasteiger partial charge in [-0.05, 0) is 53.0 Å². The SMILES string of the molecule is COCC(C)Oc1ccc(CNCC(C)C)cc1Br. The summed E-state index contributed by atoms with van der Waals surface area (Å²) in [5.41, 5.74) is 1.25. The lowest BCUT2D eigenvalue weighted by molar-refractivity contribution is 0.0915. The molecule has 0 aliphatic heterocycles. The zero-order valence-corrected chi connectivity index (χ0v) is 13.8. The lowest BCUT2D eigenvalue weighted by Crippen LogP contribution is -2.19. The molecule has 3 nitrogen and oxygen atoms in total. The van der Waals surface area contributed by atoms with Crippen LogP contribution in [0, 0.1) is 5.92 Å². The summed E-state index contributed by atoms with van der Waals surface area (Å²) in [6, 6.07) is 6.19. The fraction of sp³-hybridized carbons (Fsp3) is 0.600. The van der Waals surface area contributed by atoms with Crippen LogP contribution in [0.15, 0.2) is 22.7 Å². The van der Waals surface area contributed by atoms with Crippen LogP contribution in [0.25, 0.3) is 0 Å². The van der Waals surface area contributed by atoms with E-state index in [1.54, 1.807) is 7.11 Å². The highest BCUT2D eigenvalue weighted by atomic mass is 79.9. The Kier molecular flexibility index (Phi) is 7.42. The van der Waals surface area contributed by atoms with E-state index in [4.69, 9.17) is 9.47 Å². The van der Waals surface area contributed by atoms with E-state index in [2.05, 4.69) is 47.2 Å². The smallest absolute Gasteiger partial charge is 0.134 e. The van der Waals surface area contributed by atoms with Crippen molar-refractivity contribution in [3.63, 3.8) is 0 Å². The van der Waals surface area contributed by atoms with Crippen molar-refractivity contribution < 1.29 is 9.47 Å². The number of hydrogen-bond donors (Lipinski definition) is 1. The molecular formula is C15H24BrNO2. The van der Waals surface area contributed by atoms with E-state index >= 15 is 0 Å². The van der Waals surface area contributed by atoms with Gasteiger partial charge in [0, 0.05) is 13.7 Å². The van der Waals surface area contributed by atoms with Gasteiger partial charge in [0.2, 0.25) is 0 Å². The summed E-state index contributed by atoms with van der Waals surface area (Å²) >= 11 is 3.55. The van der Waals surface area contributed by atoms with Crippen molar-refractivity contribution in [1.82, 2.24) is 5.32 Å². The van der Waals surface area contributed by atoms with Crippen molar-refractivity contribution in [1.29, 1.82) is 0 Å². The van der Waals surface area contributed by atoms with Crippen molar-refractivity contribution >= 4 is 15.9 Å². The third-order valence-corrected chi connectivity index (χ3v) is 3.23. The number of ether oxygens (including phenoxy) is 2. The lowest BCUT2D eigenvalue weighted by Gasteiger charge is -2.16. The molecule has 1 N–H and O–H groups in total. The molecule has 1 unspecified atom stereocenters. The standard InChI is InChI=1S/C15H24BrNO2/c1-11(2)8-17-9-13-5-6-15(14(16)7-13)19-12(3)10-18-4/h5-7,11-12,17H,8-10H2,1-4H3. The number of methoxy groups -OCH3 is 1. The first-order valence-corrected chi connectivity index (χ1v) is 7.47. The summed E-state index contributed by atoms with van der Waals surface area (Å²) < 4.78 is 11.8. The van der Waals surface area contributed by atoms with E-state index < -0.39 is 0 Å². The van der Waals surface area contributed by atoms with Crippen LogP contribution in [-0.4, -0.2) is 26.4 Å². The van der Waals surface area contributed by atoms with E-state index in [1.165, 1.54) is 5.56 Å². The van der Waals surface area contributed by atoms with Crippen molar-refractivity contribution in [3.05, 3.63) is 28.2 Å². The largest absolute Gasteiger partial charge is 0.487 e. The molecule has 0 aliphatic rings. The van der Waals surface area contributed by atoms with Crippen LogP contribution in [0.2, 0.25) is 0 Å². The highest BCUT2D eigenvalue weighted by Crippen LogP contribution is 2.27. The highest BCUT2D eigenvalue weighted by Gasteiger charge is 2.07. The van der Waals surface area contributed by atoms with Crippen LogP contribution in [0.3, 0.4) is 0 Å². The minimum Gasteiger partial charge on any atom is -0.487 e. The van der Waals surface area contributed by atoms with Gasteiger partial charge in [0.25, 0.3) is 0 Å². The summed E-state index contributed by atoms with van der Waals surface area (Å²) in [5.74, 6) is 1.53. The quantitative estimate of drug-likeness (QED) is 0.790. The van der Waals surface area contributed by atoms with Crippen LogP contribution in [-0.2, 0) is 11.3 Å². The van der Waals surface area contributed by atoms with E-state index in [0.29, 0.717) is 12.5 Å². The fourth-order valence-corrected chi connectivity index (χ4v) is 2.26. The molecule has 0 amide bonds. The van der Waals surface area contributed by atoms with Crippen molar-refractivity contribution in [2.24, 2.45) is 5.92 Å². The maximum Gasteiger partial charge on any atom is 0.134 e. The highest BCUT2D eigenvalue weighted by molar-refractivity contribution is 9.10. The Labute approximate surface area is 124 Å². The van der Waals surface area contributed by atoms with Crippen molar-refractivity contribution in [2.45, 2.75) is 33.4 Å². The van der Waals surface area contributed by atoms with Gasteiger partial charge in [0.1, 0.15) is 11.9 Å². The van der Waals surface area contributed by atoms with Gasteiger partial charge in [0.15, 0.2) is 0 Å². The molecular weight excluding hydrogens is 306 g/mol. The number of rotatable bonds is 8. The van der Waals surface area contributed by atoms with Gasteiger partial charge in [-0.1, -0.05) is 19.9 Å². The Morgan fingerprint density at radius 3 is 2.58 bits per heavy atom. The Balaban J connectivity index is 2.54. The van der Waals surface area contributed by atoms with Gasteiger partial charge in [-0.15, -0.1) is 0 Å². The predicted octanol–water partition coefficient (Wildman–Crippen LogP) is 3.61. The number of hydrogen-bond acceptors (Lipinski definition) is 3. The van der Waals surface area contributed by atoms with E-state index in [0.717, 1.165) is 23.3 Å². The molecule has 1 aromatic carbocycles. The predicted molar refractivity (Wildman–Crippen MR) is 82.7 cm³/mol. The third kappa shape index (κ3) is 6.41. The first-order valence-electron chi connectivity index (χ1n) is 6.67. The number of halogens is 1. The Morgan fingerprint density at radius 1 is 1.26 bits per heavy atom. The second kappa shape index (κ2) is 8.56. The molecule has 4 heteroatoms. The molecule has 0 heterocycles. The molecule has 0 spiro atoms. The summed E-state index contributed by atoms with van der Waals surface area (Å²) in [6.45, 7) is 8.90. The van der Waals surface area contributed by atoms with E-state index in [9.17, 15) is 0 Å². The molecule has 0 fully saturated rings. The Morgan fingerprint density at radius 2 is 2.00 bits per heavy atom. The molecule has 19 heavy (non-hydrogen) atoms. The molecule has 0 radical (unpaired) electrons. The van der Waals surface area contributed by atoms with Gasteiger partial charge in [-0.3, -0.25) is 0 Å². The van der Waals surface area contributed by atoms with Crippen molar-refractivity contribution in [3.8, 4) is 5.75 Å². The second-order valence-electron chi connectivity index (χ2n) is 5.17. The monoisotopic (exact) mass is 329 g/mol.